The van der Waals surface area contributed by atoms with Gasteiger partial charge in [-0.3, -0.25) is 4.79 Å². The number of rotatable bonds is 3. The molecule has 1 fully saturated rings. The molecule has 0 aliphatic carbocycles. The summed E-state index contributed by atoms with van der Waals surface area (Å²) in [6.45, 7) is 2.66. The lowest BCUT2D eigenvalue weighted by Crippen LogP contribution is -2.49. The maximum Gasteiger partial charge on any atom is 0.260 e. The van der Waals surface area contributed by atoms with Gasteiger partial charge in [-0.2, -0.15) is 0 Å². The zero-order valence-corrected chi connectivity index (χ0v) is 12.7. The Bertz CT molecular complexity index is 505. The van der Waals surface area contributed by atoms with Gasteiger partial charge in [0.25, 0.3) is 5.91 Å². The quantitative estimate of drug-likeness (QED) is 0.932. The number of benzene rings is 1. The summed E-state index contributed by atoms with van der Waals surface area (Å²) in [5, 5.41) is 10.8. The van der Waals surface area contributed by atoms with Crippen LogP contribution in [0.25, 0.3) is 0 Å². The lowest BCUT2D eigenvalue weighted by Gasteiger charge is -2.36. The molecule has 110 valence electrons. The second-order valence-corrected chi connectivity index (χ2v) is 6.09. The average Bonchev–Trinajstić information content (AvgIpc) is 2.38. The van der Waals surface area contributed by atoms with Gasteiger partial charge in [-0.05, 0) is 31.9 Å². The summed E-state index contributed by atoms with van der Waals surface area (Å²) in [5.74, 6) is 0.354. The Morgan fingerprint density at radius 3 is 2.85 bits per heavy atom. The van der Waals surface area contributed by atoms with Gasteiger partial charge in [0.05, 0.1) is 15.6 Å². The van der Waals surface area contributed by atoms with E-state index in [0.29, 0.717) is 35.3 Å². The number of likely N-dealkylation sites (tertiary alicyclic amines) is 1. The maximum absolute atomic E-state index is 12.0. The minimum absolute atomic E-state index is 0.0754. The minimum atomic E-state index is -0.808. The van der Waals surface area contributed by atoms with Gasteiger partial charge >= 0.3 is 0 Å². The van der Waals surface area contributed by atoms with Gasteiger partial charge in [0.15, 0.2) is 6.61 Å². The van der Waals surface area contributed by atoms with E-state index in [0.717, 1.165) is 6.42 Å². The molecule has 20 heavy (non-hydrogen) atoms. The molecule has 1 aliphatic rings. The maximum atomic E-state index is 12.0. The predicted molar refractivity (Wildman–Crippen MR) is 78.4 cm³/mol. The summed E-state index contributed by atoms with van der Waals surface area (Å²) in [5.41, 5.74) is -0.808. The molecule has 1 heterocycles. The van der Waals surface area contributed by atoms with Crippen molar-refractivity contribution in [1.82, 2.24) is 4.90 Å². The SMILES string of the molecule is CC1(O)CCCN(C(=O)COc2ccc(Cl)c(Cl)c2)C1. The lowest BCUT2D eigenvalue weighted by atomic mass is 9.95. The molecule has 0 aromatic heterocycles. The molecule has 1 amide bonds. The van der Waals surface area contributed by atoms with Crippen LogP contribution >= 0.6 is 23.2 Å². The highest BCUT2D eigenvalue weighted by Crippen LogP contribution is 2.26. The Hall–Kier alpha value is -0.970. The van der Waals surface area contributed by atoms with E-state index in [9.17, 15) is 9.90 Å². The van der Waals surface area contributed by atoms with Gasteiger partial charge in [0.2, 0.25) is 0 Å². The van der Waals surface area contributed by atoms with Crippen molar-refractivity contribution in [2.24, 2.45) is 0 Å². The van der Waals surface area contributed by atoms with E-state index < -0.39 is 5.60 Å². The first kappa shape index (κ1) is 15.4. The minimum Gasteiger partial charge on any atom is -0.484 e. The average molecular weight is 318 g/mol. The Morgan fingerprint density at radius 2 is 2.20 bits per heavy atom. The molecule has 0 radical (unpaired) electrons. The molecule has 1 unspecified atom stereocenters. The molecule has 1 aromatic rings. The molecule has 1 N–H and O–H groups in total. The zero-order chi connectivity index (χ0) is 14.8. The van der Waals surface area contributed by atoms with Gasteiger partial charge in [-0.1, -0.05) is 23.2 Å². The number of carbonyl (C=O) groups is 1. The van der Waals surface area contributed by atoms with E-state index in [2.05, 4.69) is 0 Å². The van der Waals surface area contributed by atoms with Crippen LogP contribution in [0.4, 0.5) is 0 Å². The second-order valence-electron chi connectivity index (χ2n) is 5.28. The zero-order valence-electron chi connectivity index (χ0n) is 11.2. The Morgan fingerprint density at radius 1 is 1.45 bits per heavy atom. The van der Waals surface area contributed by atoms with Crippen LogP contribution in [-0.2, 0) is 4.79 Å². The summed E-state index contributed by atoms with van der Waals surface area (Å²) in [4.78, 5) is 13.7. The van der Waals surface area contributed by atoms with Crippen molar-refractivity contribution in [2.45, 2.75) is 25.4 Å². The summed E-state index contributed by atoms with van der Waals surface area (Å²) in [6, 6.07) is 4.85. The number of carbonyl (C=O) groups excluding carboxylic acids is 1. The highest BCUT2D eigenvalue weighted by atomic mass is 35.5. The van der Waals surface area contributed by atoms with Crippen LogP contribution in [0.3, 0.4) is 0 Å². The molecular weight excluding hydrogens is 301 g/mol. The monoisotopic (exact) mass is 317 g/mol. The first-order valence-corrected chi connectivity index (χ1v) is 7.21. The molecular formula is C14H17Cl2NO3. The van der Waals surface area contributed by atoms with Crippen LogP contribution in [0.15, 0.2) is 18.2 Å². The fourth-order valence-electron chi connectivity index (χ4n) is 2.24. The molecule has 0 bridgehead atoms. The molecule has 1 atom stereocenters. The van der Waals surface area contributed by atoms with Crippen molar-refractivity contribution in [1.29, 1.82) is 0 Å². The fourth-order valence-corrected chi connectivity index (χ4v) is 2.52. The van der Waals surface area contributed by atoms with Crippen LogP contribution in [-0.4, -0.2) is 41.2 Å². The number of nitrogens with zero attached hydrogens (tertiary/aromatic N) is 1. The molecule has 2 rings (SSSR count). The van der Waals surface area contributed by atoms with Crippen molar-refractivity contribution >= 4 is 29.1 Å². The number of halogens is 2. The third-order valence-electron chi connectivity index (χ3n) is 3.28. The van der Waals surface area contributed by atoms with Crippen LogP contribution < -0.4 is 4.74 Å². The predicted octanol–water partition coefficient (Wildman–Crippen LogP) is 2.75. The van der Waals surface area contributed by atoms with E-state index in [-0.39, 0.29) is 12.5 Å². The smallest absolute Gasteiger partial charge is 0.260 e. The van der Waals surface area contributed by atoms with Crippen LogP contribution in [0, 0.1) is 0 Å². The summed E-state index contributed by atoms with van der Waals surface area (Å²) >= 11 is 11.7. The number of β-amino-alcohol motifs (C(OH)–C–C–N with tert-alkyl or cyclic N) is 1. The number of aliphatic hydroxyl groups is 1. The van der Waals surface area contributed by atoms with Gasteiger partial charge < -0.3 is 14.7 Å². The summed E-state index contributed by atoms with van der Waals surface area (Å²) in [7, 11) is 0. The van der Waals surface area contributed by atoms with Gasteiger partial charge in [-0.15, -0.1) is 0 Å². The van der Waals surface area contributed by atoms with Crippen molar-refractivity contribution < 1.29 is 14.6 Å². The van der Waals surface area contributed by atoms with Crippen LogP contribution in [0.5, 0.6) is 5.75 Å². The van der Waals surface area contributed by atoms with Gasteiger partial charge in [0.1, 0.15) is 5.75 Å². The Balaban J connectivity index is 1.90. The molecule has 6 heteroatoms. The van der Waals surface area contributed by atoms with E-state index in [1.54, 1.807) is 30.0 Å². The number of hydrogen-bond donors (Lipinski definition) is 1. The summed E-state index contributed by atoms with van der Waals surface area (Å²) in [6.07, 6.45) is 1.51. The third kappa shape index (κ3) is 4.01. The standard InChI is InChI=1S/C14H17Cl2NO3/c1-14(19)5-2-6-17(9-14)13(18)8-20-10-3-4-11(15)12(16)7-10/h3-4,7,19H,2,5-6,8-9H2,1H3. The van der Waals surface area contributed by atoms with Crippen molar-refractivity contribution in [2.75, 3.05) is 19.7 Å². The fraction of sp³-hybridized carbons (Fsp3) is 0.500. The molecule has 1 saturated heterocycles. The number of hydrogen-bond acceptors (Lipinski definition) is 3. The van der Waals surface area contributed by atoms with Crippen molar-refractivity contribution in [3.63, 3.8) is 0 Å². The molecule has 1 aliphatic heterocycles. The Labute approximate surface area is 128 Å². The molecule has 0 saturated carbocycles. The third-order valence-corrected chi connectivity index (χ3v) is 4.02. The van der Waals surface area contributed by atoms with Gasteiger partial charge in [0, 0.05) is 19.2 Å². The molecule has 4 nitrogen and oxygen atoms in total. The first-order valence-electron chi connectivity index (χ1n) is 6.45. The number of amides is 1. The van der Waals surface area contributed by atoms with Crippen molar-refractivity contribution in [3.8, 4) is 5.75 Å². The first-order chi connectivity index (χ1) is 9.37. The van der Waals surface area contributed by atoms with E-state index in [1.807, 2.05) is 0 Å². The Kier molecular flexibility index (Phi) is 4.78. The van der Waals surface area contributed by atoms with Gasteiger partial charge in [-0.25, -0.2) is 0 Å². The largest absolute Gasteiger partial charge is 0.484 e. The molecule has 1 aromatic carbocycles. The van der Waals surface area contributed by atoms with Crippen LogP contribution in [0.1, 0.15) is 19.8 Å². The summed E-state index contributed by atoms with van der Waals surface area (Å²) < 4.78 is 5.41. The highest BCUT2D eigenvalue weighted by molar-refractivity contribution is 6.42. The molecule has 0 spiro atoms. The lowest BCUT2D eigenvalue weighted by molar-refractivity contribution is -0.139. The highest BCUT2D eigenvalue weighted by Gasteiger charge is 2.30. The number of ether oxygens (including phenoxy) is 1. The van der Waals surface area contributed by atoms with E-state index in [4.69, 9.17) is 27.9 Å². The van der Waals surface area contributed by atoms with E-state index in [1.165, 1.54) is 0 Å². The van der Waals surface area contributed by atoms with Crippen LogP contribution in [0.2, 0.25) is 10.0 Å². The number of piperidine rings is 1. The van der Waals surface area contributed by atoms with E-state index >= 15 is 0 Å². The normalized spacial score (nSPS) is 22.7. The van der Waals surface area contributed by atoms with Crippen molar-refractivity contribution in [3.05, 3.63) is 28.2 Å². The second kappa shape index (κ2) is 6.20. The topological polar surface area (TPSA) is 49.8 Å².